The number of piperidine rings is 1. The van der Waals surface area contributed by atoms with Crippen LogP contribution in [-0.2, 0) is 16.1 Å². The Morgan fingerprint density at radius 1 is 1.08 bits per heavy atom. The van der Waals surface area contributed by atoms with Gasteiger partial charge in [-0.3, -0.25) is 9.79 Å². The minimum Gasteiger partial charge on any atom is -0.480 e. The van der Waals surface area contributed by atoms with Crippen molar-refractivity contribution in [3.63, 3.8) is 0 Å². The molecule has 2 heterocycles. The van der Waals surface area contributed by atoms with E-state index < -0.39 is 24.0 Å². The molecule has 11 nitrogen and oxygen atoms in total. The minimum absolute atomic E-state index is 0.0123. The first-order valence-electron chi connectivity index (χ1n) is 12.9. The van der Waals surface area contributed by atoms with Crippen LogP contribution in [0.3, 0.4) is 0 Å². The van der Waals surface area contributed by atoms with Crippen LogP contribution in [0.4, 0.5) is 10.5 Å². The highest BCUT2D eigenvalue weighted by molar-refractivity contribution is 5.95. The molecule has 2 aliphatic heterocycles. The molecule has 1 saturated heterocycles. The summed E-state index contributed by atoms with van der Waals surface area (Å²) in [5.41, 5.74) is 2.21. The Kier molecular flexibility index (Phi) is 9.38. The summed E-state index contributed by atoms with van der Waals surface area (Å²) < 4.78 is 5.07. The molecule has 0 aromatic heterocycles. The van der Waals surface area contributed by atoms with Gasteiger partial charge in [0, 0.05) is 50.0 Å². The molecule has 1 fully saturated rings. The predicted molar refractivity (Wildman–Crippen MR) is 143 cm³/mol. The molecule has 1 atom stereocenters. The first-order valence-corrected chi connectivity index (χ1v) is 12.9. The van der Waals surface area contributed by atoms with Crippen molar-refractivity contribution in [2.24, 2.45) is 4.99 Å². The summed E-state index contributed by atoms with van der Waals surface area (Å²) in [7, 11) is 0. The standard InChI is InChI=1S/C27H34N6O5/c34-24(30-17-23(25(35)36)32-27(37)38-18-19-5-2-1-3-6-19)20-7-9-22(10-8-20)33-15-11-21(12-16-33)31-26-28-13-4-14-29-26/h1-3,5-10,21,23H,4,11-18H2,(H,30,34)(H,32,37)(H,35,36)(H2,28,29,31)/t23-/m0/s1. The topological polar surface area (TPSA) is 144 Å². The van der Waals surface area contributed by atoms with Gasteiger partial charge in [-0.2, -0.15) is 0 Å². The van der Waals surface area contributed by atoms with Crippen molar-refractivity contribution in [3.05, 3.63) is 65.7 Å². The second-order valence-electron chi connectivity index (χ2n) is 9.27. The van der Waals surface area contributed by atoms with Crippen molar-refractivity contribution in [3.8, 4) is 0 Å². The largest absolute Gasteiger partial charge is 0.480 e. The van der Waals surface area contributed by atoms with E-state index in [4.69, 9.17) is 4.74 Å². The van der Waals surface area contributed by atoms with Gasteiger partial charge in [0.2, 0.25) is 0 Å². The van der Waals surface area contributed by atoms with Crippen molar-refractivity contribution in [1.29, 1.82) is 0 Å². The molecule has 4 rings (SSSR count). The van der Waals surface area contributed by atoms with E-state index in [0.717, 1.165) is 62.7 Å². The number of benzene rings is 2. The number of nitrogens with zero attached hydrogens (tertiary/aromatic N) is 2. The van der Waals surface area contributed by atoms with Gasteiger partial charge in [-0.15, -0.1) is 0 Å². The Labute approximate surface area is 221 Å². The molecular weight excluding hydrogens is 488 g/mol. The number of hydrogen-bond acceptors (Lipinski definition) is 8. The van der Waals surface area contributed by atoms with Crippen LogP contribution >= 0.6 is 0 Å². The number of carbonyl (C=O) groups is 3. The van der Waals surface area contributed by atoms with Gasteiger partial charge in [0.25, 0.3) is 5.91 Å². The van der Waals surface area contributed by atoms with Gasteiger partial charge in [-0.25, -0.2) is 9.59 Å². The van der Waals surface area contributed by atoms with Gasteiger partial charge < -0.3 is 36.0 Å². The SMILES string of the molecule is O=C(N[C@@H](CNC(=O)c1ccc(N2CCC(NC3=NCCCN3)CC2)cc1)C(=O)O)OCc1ccccc1. The van der Waals surface area contributed by atoms with Crippen LogP contribution in [-0.4, -0.2) is 73.8 Å². The number of rotatable bonds is 9. The third-order valence-electron chi connectivity index (χ3n) is 6.50. The Bertz CT molecular complexity index is 1120. The summed E-state index contributed by atoms with van der Waals surface area (Å²) in [5.74, 6) is -0.804. The Balaban J connectivity index is 1.21. The molecule has 2 amide bonds. The van der Waals surface area contributed by atoms with Gasteiger partial charge in [-0.05, 0) is 49.1 Å². The molecule has 2 aromatic carbocycles. The molecule has 2 aliphatic rings. The molecule has 0 saturated carbocycles. The summed E-state index contributed by atoms with van der Waals surface area (Å²) in [4.78, 5) is 43.0. The number of alkyl carbamates (subject to hydrolysis) is 1. The minimum atomic E-state index is -1.33. The van der Waals surface area contributed by atoms with Crippen LogP contribution in [0.5, 0.6) is 0 Å². The zero-order chi connectivity index (χ0) is 26.7. The van der Waals surface area contributed by atoms with Crippen molar-refractivity contribution in [2.45, 2.75) is 38.0 Å². The first kappa shape index (κ1) is 26.8. The maximum absolute atomic E-state index is 12.6. The molecule has 38 heavy (non-hydrogen) atoms. The van der Waals surface area contributed by atoms with Gasteiger partial charge in [0.1, 0.15) is 12.6 Å². The van der Waals surface area contributed by atoms with E-state index in [0.29, 0.717) is 11.6 Å². The monoisotopic (exact) mass is 522 g/mol. The molecular formula is C27H34N6O5. The van der Waals surface area contributed by atoms with Crippen molar-refractivity contribution >= 4 is 29.6 Å². The quantitative estimate of drug-likeness (QED) is 0.335. The molecule has 202 valence electrons. The molecule has 0 aliphatic carbocycles. The van der Waals surface area contributed by atoms with Crippen LogP contribution in [0.1, 0.15) is 35.2 Å². The Morgan fingerprint density at radius 2 is 1.82 bits per heavy atom. The smallest absolute Gasteiger partial charge is 0.408 e. The van der Waals surface area contributed by atoms with E-state index >= 15 is 0 Å². The number of carboxylic acids is 1. The van der Waals surface area contributed by atoms with Crippen LogP contribution in [0.15, 0.2) is 59.6 Å². The normalized spacial score (nSPS) is 16.4. The summed E-state index contributed by atoms with van der Waals surface area (Å²) in [6, 6.07) is 15.3. The fourth-order valence-electron chi connectivity index (χ4n) is 4.33. The lowest BCUT2D eigenvalue weighted by Gasteiger charge is -2.35. The summed E-state index contributed by atoms with van der Waals surface area (Å²) in [6.07, 6.45) is 2.17. The van der Waals surface area contributed by atoms with E-state index in [1.54, 1.807) is 24.3 Å². The first-order chi connectivity index (χ1) is 18.5. The number of anilines is 1. The van der Waals surface area contributed by atoms with Crippen LogP contribution in [0.2, 0.25) is 0 Å². The van der Waals surface area contributed by atoms with Gasteiger partial charge in [0.15, 0.2) is 5.96 Å². The highest BCUT2D eigenvalue weighted by Gasteiger charge is 2.23. The lowest BCUT2D eigenvalue weighted by Crippen LogP contribution is -2.50. The van der Waals surface area contributed by atoms with Crippen LogP contribution in [0, 0.1) is 0 Å². The molecule has 0 spiro atoms. The zero-order valence-corrected chi connectivity index (χ0v) is 21.2. The van der Waals surface area contributed by atoms with E-state index in [2.05, 4.69) is 31.2 Å². The third kappa shape index (κ3) is 7.86. The molecule has 11 heteroatoms. The lowest BCUT2D eigenvalue weighted by atomic mass is 10.0. The van der Waals surface area contributed by atoms with Crippen molar-refractivity contribution in [1.82, 2.24) is 21.3 Å². The number of amides is 2. The number of ether oxygens (including phenoxy) is 1. The highest BCUT2D eigenvalue weighted by Crippen LogP contribution is 2.21. The average molecular weight is 523 g/mol. The lowest BCUT2D eigenvalue weighted by molar-refractivity contribution is -0.139. The highest BCUT2D eigenvalue weighted by atomic mass is 16.5. The third-order valence-corrected chi connectivity index (χ3v) is 6.50. The average Bonchev–Trinajstić information content (AvgIpc) is 2.95. The molecule has 2 aromatic rings. The number of carboxylic acid groups (broad SMARTS) is 1. The number of guanidine groups is 1. The number of hydrogen-bond donors (Lipinski definition) is 5. The summed E-state index contributed by atoms with van der Waals surface area (Å²) >= 11 is 0. The van der Waals surface area contributed by atoms with E-state index in [9.17, 15) is 19.5 Å². The number of aliphatic carboxylic acids is 1. The van der Waals surface area contributed by atoms with Crippen LogP contribution in [0.25, 0.3) is 0 Å². The molecule has 0 unspecified atom stereocenters. The predicted octanol–water partition coefficient (Wildman–Crippen LogP) is 1.70. The summed E-state index contributed by atoms with van der Waals surface area (Å²) in [6.45, 7) is 3.34. The van der Waals surface area contributed by atoms with E-state index in [1.165, 1.54) is 0 Å². The molecule has 0 bridgehead atoms. The van der Waals surface area contributed by atoms with Gasteiger partial charge >= 0.3 is 12.1 Å². The number of carbonyl (C=O) groups excluding carboxylic acids is 2. The maximum Gasteiger partial charge on any atom is 0.408 e. The molecule has 0 radical (unpaired) electrons. The molecule has 5 N–H and O–H groups in total. The Morgan fingerprint density at radius 3 is 2.47 bits per heavy atom. The fraction of sp³-hybridized carbons (Fsp3) is 0.407. The van der Waals surface area contributed by atoms with Gasteiger partial charge in [0.05, 0.1) is 0 Å². The maximum atomic E-state index is 12.6. The summed E-state index contributed by atoms with van der Waals surface area (Å²) in [5, 5.41) is 21.1. The van der Waals surface area contributed by atoms with Crippen molar-refractivity contribution in [2.75, 3.05) is 37.6 Å². The second-order valence-corrected chi connectivity index (χ2v) is 9.27. The van der Waals surface area contributed by atoms with Crippen molar-refractivity contribution < 1.29 is 24.2 Å². The van der Waals surface area contributed by atoms with E-state index in [-0.39, 0.29) is 13.2 Å². The zero-order valence-electron chi connectivity index (χ0n) is 21.2. The fourth-order valence-corrected chi connectivity index (χ4v) is 4.33. The second kappa shape index (κ2) is 13.3. The van der Waals surface area contributed by atoms with Gasteiger partial charge in [-0.1, -0.05) is 30.3 Å². The number of nitrogens with one attached hydrogen (secondary N) is 4. The number of aliphatic imine (C=N–C) groups is 1. The van der Waals surface area contributed by atoms with E-state index in [1.807, 2.05) is 30.3 Å². The van der Waals surface area contributed by atoms with Crippen LogP contribution < -0.4 is 26.2 Å². The Hall–Kier alpha value is -4.28.